The zero-order valence-electron chi connectivity index (χ0n) is 19.2. The van der Waals surface area contributed by atoms with Crippen LogP contribution in [0.25, 0.3) is 0 Å². The largest absolute Gasteiger partial charge is 0.481 e. The molecule has 0 saturated heterocycles. The van der Waals surface area contributed by atoms with E-state index in [0.717, 1.165) is 18.2 Å². The molecular weight excluding hydrogens is 450 g/mol. The summed E-state index contributed by atoms with van der Waals surface area (Å²) >= 11 is 0. The minimum absolute atomic E-state index is 0.00935. The van der Waals surface area contributed by atoms with E-state index in [9.17, 15) is 22.4 Å². The molecule has 3 aromatic rings. The zero-order chi connectivity index (χ0) is 25.0. The molecule has 0 fully saturated rings. The monoisotopic (exact) mass is 475 g/mol. The van der Waals surface area contributed by atoms with Crippen LogP contribution >= 0.6 is 0 Å². The summed E-state index contributed by atoms with van der Waals surface area (Å²) in [6, 6.07) is 9.99. The highest BCUT2D eigenvalue weighted by molar-refractivity contribution is 6.08. The highest BCUT2D eigenvalue weighted by Crippen LogP contribution is 2.35. The van der Waals surface area contributed by atoms with Crippen molar-refractivity contribution in [3.8, 4) is 5.88 Å². The van der Waals surface area contributed by atoms with Gasteiger partial charge >= 0.3 is 6.18 Å². The van der Waals surface area contributed by atoms with Crippen molar-refractivity contribution in [2.75, 3.05) is 17.7 Å². The van der Waals surface area contributed by atoms with Gasteiger partial charge in [-0.2, -0.15) is 13.2 Å². The van der Waals surface area contributed by atoms with E-state index >= 15 is 0 Å². The average Bonchev–Trinajstić information content (AvgIpc) is 2.79. The Labute approximate surface area is 195 Å². The third-order valence-corrected chi connectivity index (χ3v) is 5.24. The van der Waals surface area contributed by atoms with E-state index in [1.54, 1.807) is 12.1 Å². The predicted molar refractivity (Wildman–Crippen MR) is 123 cm³/mol. The first kappa shape index (κ1) is 25.0. The van der Waals surface area contributed by atoms with Gasteiger partial charge in [0.15, 0.2) is 0 Å². The van der Waals surface area contributed by atoms with Gasteiger partial charge in [-0.25, -0.2) is 9.37 Å². The van der Waals surface area contributed by atoms with Crippen LogP contribution in [0.5, 0.6) is 5.88 Å². The fourth-order valence-electron chi connectivity index (χ4n) is 3.46. The van der Waals surface area contributed by atoms with Crippen molar-refractivity contribution in [2.45, 2.75) is 39.3 Å². The normalized spacial score (nSPS) is 11.4. The zero-order valence-corrected chi connectivity index (χ0v) is 19.2. The third kappa shape index (κ3) is 5.65. The number of hydrogen-bond acceptors (Lipinski definition) is 4. The van der Waals surface area contributed by atoms with E-state index in [1.807, 2.05) is 20.8 Å². The van der Waals surface area contributed by atoms with E-state index in [-0.39, 0.29) is 17.2 Å². The van der Waals surface area contributed by atoms with Gasteiger partial charge in [0.05, 0.1) is 35.3 Å². The molecule has 1 amide bonds. The van der Waals surface area contributed by atoms with Crippen molar-refractivity contribution >= 4 is 23.0 Å². The number of carbonyl (C=O) groups is 1. The van der Waals surface area contributed by atoms with Crippen LogP contribution in [-0.2, 0) is 12.6 Å². The summed E-state index contributed by atoms with van der Waals surface area (Å²) < 4.78 is 59.1. The minimum atomic E-state index is -4.61. The van der Waals surface area contributed by atoms with E-state index in [4.69, 9.17) is 4.74 Å². The molecule has 0 spiro atoms. The van der Waals surface area contributed by atoms with Gasteiger partial charge in [-0.1, -0.05) is 20.8 Å². The first-order valence-corrected chi connectivity index (χ1v) is 10.7. The number of ether oxygens (including phenoxy) is 1. The Hall–Kier alpha value is -3.62. The summed E-state index contributed by atoms with van der Waals surface area (Å²) in [6.45, 7) is 5.52. The number of benzene rings is 2. The fourth-order valence-corrected chi connectivity index (χ4v) is 3.46. The van der Waals surface area contributed by atoms with Gasteiger partial charge < -0.3 is 15.4 Å². The van der Waals surface area contributed by atoms with E-state index in [0.29, 0.717) is 34.9 Å². The summed E-state index contributed by atoms with van der Waals surface area (Å²) in [5.74, 6) is -0.815. The highest BCUT2D eigenvalue weighted by Gasteiger charge is 2.32. The Kier molecular flexibility index (Phi) is 7.44. The lowest BCUT2D eigenvalue weighted by molar-refractivity contribution is -0.137. The number of rotatable bonds is 7. The molecule has 0 radical (unpaired) electrons. The maximum absolute atomic E-state index is 13.8. The molecule has 2 N–H and O–H groups in total. The lowest BCUT2D eigenvalue weighted by Gasteiger charge is -2.19. The standard InChI is InChI=1S/C25H25F4N3O2/c1-5-19-21(10-11-23(31-19)34-4)32-24(33)17-8-6-15(25(27,28)29)12-22(17)30-20-9-7-16(26)13-18(20)14(2)3/h6-14,30H,5H2,1-4H3,(H,32,33). The molecule has 9 heteroatoms. The molecule has 180 valence electrons. The number of hydrogen-bond donors (Lipinski definition) is 2. The van der Waals surface area contributed by atoms with Crippen LogP contribution in [0.15, 0.2) is 48.5 Å². The van der Waals surface area contributed by atoms with Gasteiger partial charge in [0.25, 0.3) is 5.91 Å². The topological polar surface area (TPSA) is 63.2 Å². The molecule has 2 aromatic carbocycles. The first-order chi connectivity index (χ1) is 16.0. The molecule has 3 rings (SSSR count). The lowest BCUT2D eigenvalue weighted by Crippen LogP contribution is -2.17. The maximum atomic E-state index is 13.8. The summed E-state index contributed by atoms with van der Waals surface area (Å²) in [7, 11) is 1.47. The quantitative estimate of drug-likeness (QED) is 0.364. The van der Waals surface area contributed by atoms with Gasteiger partial charge in [0.1, 0.15) is 5.82 Å². The summed E-state index contributed by atoms with van der Waals surface area (Å²) in [5.41, 5.74) is 0.977. The predicted octanol–water partition coefficient (Wildman–Crippen LogP) is 6.93. The maximum Gasteiger partial charge on any atom is 0.416 e. The van der Waals surface area contributed by atoms with Crippen molar-refractivity contribution in [1.82, 2.24) is 4.98 Å². The molecule has 0 unspecified atom stereocenters. The molecule has 0 saturated carbocycles. The molecule has 0 aliphatic rings. The number of aromatic nitrogens is 1. The molecule has 5 nitrogen and oxygen atoms in total. The Morgan fingerprint density at radius 1 is 1.03 bits per heavy atom. The second-order valence-electron chi connectivity index (χ2n) is 7.92. The summed E-state index contributed by atoms with van der Waals surface area (Å²) in [6.07, 6.45) is -4.11. The molecule has 1 aromatic heterocycles. The van der Waals surface area contributed by atoms with E-state index in [1.165, 1.54) is 25.3 Å². The lowest BCUT2D eigenvalue weighted by atomic mass is 10.00. The number of alkyl halides is 3. The number of aryl methyl sites for hydroxylation is 1. The Balaban J connectivity index is 2.04. The van der Waals surface area contributed by atoms with Gasteiger partial charge in [-0.15, -0.1) is 0 Å². The molecule has 0 aliphatic heterocycles. The van der Waals surface area contributed by atoms with Crippen LogP contribution in [0.3, 0.4) is 0 Å². The van der Waals surface area contributed by atoms with Crippen molar-refractivity contribution in [3.63, 3.8) is 0 Å². The average molecular weight is 475 g/mol. The molecule has 0 aliphatic carbocycles. The Bertz CT molecular complexity index is 1190. The highest BCUT2D eigenvalue weighted by atomic mass is 19.4. The molecule has 0 bridgehead atoms. The van der Waals surface area contributed by atoms with Crippen LogP contribution in [0.4, 0.5) is 34.6 Å². The number of pyridine rings is 1. The minimum Gasteiger partial charge on any atom is -0.481 e. The number of nitrogens with zero attached hydrogens (tertiary/aromatic N) is 1. The van der Waals surface area contributed by atoms with E-state index in [2.05, 4.69) is 15.6 Å². The van der Waals surface area contributed by atoms with Gasteiger partial charge in [0.2, 0.25) is 5.88 Å². The SMILES string of the molecule is CCc1nc(OC)ccc1NC(=O)c1ccc(C(F)(F)F)cc1Nc1ccc(F)cc1C(C)C. The van der Waals surface area contributed by atoms with Gasteiger partial charge in [-0.05, 0) is 60.4 Å². The van der Waals surface area contributed by atoms with Crippen LogP contribution in [-0.4, -0.2) is 18.0 Å². The third-order valence-electron chi connectivity index (χ3n) is 5.24. The number of amides is 1. The Morgan fingerprint density at radius 2 is 1.74 bits per heavy atom. The number of nitrogens with one attached hydrogen (secondary N) is 2. The Morgan fingerprint density at radius 3 is 2.35 bits per heavy atom. The number of carbonyl (C=O) groups excluding carboxylic acids is 1. The van der Waals surface area contributed by atoms with Gasteiger partial charge in [-0.3, -0.25) is 4.79 Å². The van der Waals surface area contributed by atoms with Crippen molar-refractivity contribution in [3.05, 3.63) is 76.7 Å². The van der Waals surface area contributed by atoms with Crippen LogP contribution in [0, 0.1) is 5.82 Å². The second kappa shape index (κ2) is 10.1. The smallest absolute Gasteiger partial charge is 0.416 e. The molecular formula is C25H25F4N3O2. The van der Waals surface area contributed by atoms with Crippen molar-refractivity contribution < 1.29 is 27.1 Å². The van der Waals surface area contributed by atoms with Crippen LogP contribution in [0.2, 0.25) is 0 Å². The summed E-state index contributed by atoms with van der Waals surface area (Å²) in [5, 5.41) is 5.63. The van der Waals surface area contributed by atoms with E-state index < -0.39 is 23.5 Å². The van der Waals surface area contributed by atoms with Crippen molar-refractivity contribution in [1.29, 1.82) is 0 Å². The molecule has 0 atom stereocenters. The van der Waals surface area contributed by atoms with Crippen LogP contribution in [0.1, 0.15) is 53.9 Å². The number of anilines is 3. The number of halogens is 4. The van der Waals surface area contributed by atoms with Crippen molar-refractivity contribution in [2.24, 2.45) is 0 Å². The van der Waals surface area contributed by atoms with Crippen LogP contribution < -0.4 is 15.4 Å². The fraction of sp³-hybridized carbons (Fsp3) is 0.280. The molecule has 34 heavy (non-hydrogen) atoms. The summed E-state index contributed by atoms with van der Waals surface area (Å²) in [4.78, 5) is 17.4. The van der Waals surface area contributed by atoms with Gasteiger partial charge in [0, 0.05) is 11.8 Å². The number of methoxy groups -OCH3 is 1. The second-order valence-corrected chi connectivity index (χ2v) is 7.92. The first-order valence-electron chi connectivity index (χ1n) is 10.7. The molecule has 1 heterocycles.